The van der Waals surface area contributed by atoms with E-state index in [0.29, 0.717) is 0 Å². The summed E-state index contributed by atoms with van der Waals surface area (Å²) < 4.78 is 6.37. The van der Waals surface area contributed by atoms with Crippen molar-refractivity contribution in [2.24, 2.45) is 0 Å². The lowest BCUT2D eigenvalue weighted by atomic mass is 9.86. The summed E-state index contributed by atoms with van der Waals surface area (Å²) in [6, 6.07) is 25.7. The van der Waals surface area contributed by atoms with Crippen LogP contribution < -0.4 is 4.74 Å². The molecule has 24 heavy (non-hydrogen) atoms. The summed E-state index contributed by atoms with van der Waals surface area (Å²) in [5.74, 6) is 1.18. The third-order valence-corrected chi connectivity index (χ3v) is 4.48. The molecule has 0 amide bonds. The lowest BCUT2D eigenvalue weighted by Crippen LogP contribution is -2.16. The molecule has 118 valence electrons. The Labute approximate surface area is 141 Å². The van der Waals surface area contributed by atoms with Crippen LogP contribution in [-0.2, 0) is 0 Å². The standard InChI is InChI=1S/C22H18O2/c1-15-19-9-5-6-10-20(19)24-22(17-7-3-2-4-8-17)21(15)16-11-13-18(23)14-12-16/h2-14,22-23H,1H3. The van der Waals surface area contributed by atoms with Crippen LogP contribution in [0.3, 0.4) is 0 Å². The van der Waals surface area contributed by atoms with Crippen molar-refractivity contribution in [2.75, 3.05) is 0 Å². The zero-order chi connectivity index (χ0) is 16.5. The molecule has 1 aliphatic heterocycles. The van der Waals surface area contributed by atoms with E-state index in [-0.39, 0.29) is 11.9 Å². The number of phenolic OH excluding ortho intramolecular Hbond substituents is 1. The van der Waals surface area contributed by atoms with Gasteiger partial charge >= 0.3 is 0 Å². The minimum absolute atomic E-state index is 0.161. The molecule has 0 aromatic heterocycles. The number of allylic oxidation sites excluding steroid dienone is 1. The predicted octanol–water partition coefficient (Wildman–Crippen LogP) is 5.46. The van der Waals surface area contributed by atoms with Gasteiger partial charge in [0.15, 0.2) is 0 Å². The minimum Gasteiger partial charge on any atom is -0.508 e. The topological polar surface area (TPSA) is 29.5 Å². The van der Waals surface area contributed by atoms with E-state index in [1.54, 1.807) is 12.1 Å². The maximum atomic E-state index is 9.61. The monoisotopic (exact) mass is 314 g/mol. The zero-order valence-corrected chi connectivity index (χ0v) is 13.4. The summed E-state index contributed by atoms with van der Waals surface area (Å²) in [7, 11) is 0. The first-order valence-corrected chi connectivity index (χ1v) is 8.05. The Kier molecular flexibility index (Phi) is 3.58. The number of phenols is 1. The van der Waals surface area contributed by atoms with Gasteiger partial charge in [-0.05, 0) is 41.8 Å². The van der Waals surface area contributed by atoms with Gasteiger partial charge < -0.3 is 9.84 Å². The highest BCUT2D eigenvalue weighted by Crippen LogP contribution is 2.46. The number of hydrogen-bond acceptors (Lipinski definition) is 2. The quantitative estimate of drug-likeness (QED) is 0.681. The molecule has 0 bridgehead atoms. The maximum Gasteiger partial charge on any atom is 0.150 e. The maximum absolute atomic E-state index is 9.61. The van der Waals surface area contributed by atoms with Gasteiger partial charge in [-0.15, -0.1) is 0 Å². The van der Waals surface area contributed by atoms with Gasteiger partial charge in [-0.25, -0.2) is 0 Å². The predicted molar refractivity (Wildman–Crippen MR) is 96.8 cm³/mol. The summed E-state index contributed by atoms with van der Waals surface area (Å²) in [6.07, 6.45) is -0.161. The number of benzene rings is 3. The van der Waals surface area contributed by atoms with Crippen molar-refractivity contribution in [3.63, 3.8) is 0 Å². The van der Waals surface area contributed by atoms with Crippen molar-refractivity contribution in [1.82, 2.24) is 0 Å². The van der Waals surface area contributed by atoms with E-state index in [0.717, 1.165) is 28.0 Å². The van der Waals surface area contributed by atoms with Crippen LogP contribution in [0.15, 0.2) is 78.9 Å². The molecule has 1 atom stereocenters. The lowest BCUT2D eigenvalue weighted by Gasteiger charge is -2.31. The van der Waals surface area contributed by atoms with E-state index >= 15 is 0 Å². The third-order valence-electron chi connectivity index (χ3n) is 4.48. The van der Waals surface area contributed by atoms with Crippen LogP contribution in [0.2, 0.25) is 0 Å². The summed E-state index contributed by atoms with van der Waals surface area (Å²) in [4.78, 5) is 0. The number of rotatable bonds is 2. The van der Waals surface area contributed by atoms with Gasteiger partial charge in [0.2, 0.25) is 0 Å². The molecule has 2 heteroatoms. The van der Waals surface area contributed by atoms with E-state index in [2.05, 4.69) is 25.1 Å². The fourth-order valence-electron chi connectivity index (χ4n) is 3.28. The highest BCUT2D eigenvalue weighted by atomic mass is 16.5. The molecule has 3 aromatic rings. The summed E-state index contributed by atoms with van der Waals surface area (Å²) in [5, 5.41) is 9.61. The number of ether oxygens (including phenoxy) is 1. The summed E-state index contributed by atoms with van der Waals surface area (Å²) in [6.45, 7) is 2.14. The first kappa shape index (κ1) is 14.6. The first-order chi connectivity index (χ1) is 11.7. The first-order valence-electron chi connectivity index (χ1n) is 8.05. The normalized spacial score (nSPS) is 16.5. The van der Waals surface area contributed by atoms with E-state index < -0.39 is 0 Å². The van der Waals surface area contributed by atoms with Crippen LogP contribution in [0.1, 0.15) is 29.7 Å². The minimum atomic E-state index is -0.161. The average molecular weight is 314 g/mol. The van der Waals surface area contributed by atoms with Gasteiger partial charge in [0.25, 0.3) is 0 Å². The van der Waals surface area contributed by atoms with Crippen molar-refractivity contribution in [2.45, 2.75) is 13.0 Å². The van der Waals surface area contributed by atoms with Gasteiger partial charge in [0.1, 0.15) is 17.6 Å². The Balaban J connectivity index is 1.93. The molecule has 2 nitrogen and oxygen atoms in total. The number of fused-ring (bicyclic) bond motifs is 1. The molecule has 0 fully saturated rings. The molecular formula is C22H18O2. The van der Waals surface area contributed by atoms with Gasteiger partial charge in [-0.1, -0.05) is 60.7 Å². The van der Waals surface area contributed by atoms with Gasteiger partial charge in [0.05, 0.1) is 0 Å². The van der Waals surface area contributed by atoms with Crippen LogP contribution >= 0.6 is 0 Å². The van der Waals surface area contributed by atoms with Crippen molar-refractivity contribution in [3.8, 4) is 11.5 Å². The SMILES string of the molecule is CC1=C(c2ccc(O)cc2)C(c2ccccc2)Oc2ccccc21. The summed E-state index contributed by atoms with van der Waals surface area (Å²) in [5.41, 5.74) is 5.65. The molecule has 1 heterocycles. The fourth-order valence-corrected chi connectivity index (χ4v) is 3.28. The van der Waals surface area contributed by atoms with Crippen LogP contribution in [0.5, 0.6) is 11.5 Å². The van der Waals surface area contributed by atoms with E-state index in [1.165, 1.54) is 5.57 Å². The molecule has 0 radical (unpaired) electrons. The highest BCUT2D eigenvalue weighted by Gasteiger charge is 2.28. The highest BCUT2D eigenvalue weighted by molar-refractivity contribution is 5.95. The van der Waals surface area contributed by atoms with Crippen LogP contribution in [0.4, 0.5) is 0 Å². The Bertz CT molecular complexity index is 893. The van der Waals surface area contributed by atoms with Crippen LogP contribution in [0, 0.1) is 0 Å². The van der Waals surface area contributed by atoms with E-state index in [1.807, 2.05) is 48.5 Å². The molecule has 1 N–H and O–H groups in total. The molecule has 0 saturated carbocycles. The second kappa shape index (κ2) is 5.89. The molecule has 4 rings (SSSR count). The third kappa shape index (κ3) is 2.46. The van der Waals surface area contributed by atoms with E-state index in [4.69, 9.17) is 4.74 Å². The average Bonchev–Trinajstić information content (AvgIpc) is 2.63. The Morgan fingerprint density at radius 1 is 0.792 bits per heavy atom. The largest absolute Gasteiger partial charge is 0.508 e. The lowest BCUT2D eigenvalue weighted by molar-refractivity contribution is 0.260. The molecule has 0 aliphatic carbocycles. The Hall–Kier alpha value is -3.00. The second-order valence-corrected chi connectivity index (χ2v) is 5.99. The molecular weight excluding hydrogens is 296 g/mol. The van der Waals surface area contributed by atoms with Crippen molar-refractivity contribution >= 4 is 11.1 Å². The van der Waals surface area contributed by atoms with E-state index in [9.17, 15) is 5.11 Å². The number of hydrogen-bond donors (Lipinski definition) is 1. The van der Waals surface area contributed by atoms with Gasteiger partial charge in [-0.2, -0.15) is 0 Å². The number of para-hydroxylation sites is 1. The number of aromatic hydroxyl groups is 1. The molecule has 1 aliphatic rings. The van der Waals surface area contributed by atoms with Gasteiger partial charge in [-0.3, -0.25) is 0 Å². The fraction of sp³-hybridized carbons (Fsp3) is 0.0909. The Morgan fingerprint density at radius 2 is 1.46 bits per heavy atom. The van der Waals surface area contributed by atoms with Crippen molar-refractivity contribution in [3.05, 3.63) is 95.6 Å². The molecule has 3 aromatic carbocycles. The summed E-state index contributed by atoms with van der Waals surface area (Å²) >= 11 is 0. The molecule has 1 unspecified atom stereocenters. The molecule has 0 spiro atoms. The van der Waals surface area contributed by atoms with Crippen LogP contribution in [-0.4, -0.2) is 5.11 Å². The molecule has 0 saturated heterocycles. The van der Waals surface area contributed by atoms with Crippen LogP contribution in [0.25, 0.3) is 11.1 Å². The second-order valence-electron chi connectivity index (χ2n) is 5.99. The van der Waals surface area contributed by atoms with Crippen molar-refractivity contribution in [1.29, 1.82) is 0 Å². The Morgan fingerprint density at radius 3 is 2.21 bits per heavy atom. The smallest absolute Gasteiger partial charge is 0.150 e. The zero-order valence-electron chi connectivity index (χ0n) is 13.4. The van der Waals surface area contributed by atoms with Crippen molar-refractivity contribution < 1.29 is 9.84 Å². The van der Waals surface area contributed by atoms with Gasteiger partial charge in [0, 0.05) is 11.1 Å².